The van der Waals surface area contributed by atoms with E-state index in [1.54, 1.807) is 24.4 Å². The molecule has 0 aromatic carbocycles. The van der Waals surface area contributed by atoms with Crippen molar-refractivity contribution in [3.8, 4) is 6.07 Å². The maximum absolute atomic E-state index is 13.0. The van der Waals surface area contributed by atoms with Crippen molar-refractivity contribution < 1.29 is 13.6 Å². The first-order chi connectivity index (χ1) is 12.4. The van der Waals surface area contributed by atoms with Crippen LogP contribution in [-0.2, 0) is 12.5 Å². The molecule has 136 valence electrons. The van der Waals surface area contributed by atoms with Gasteiger partial charge in [-0.25, -0.2) is 13.6 Å². The van der Waals surface area contributed by atoms with Crippen LogP contribution in [0.1, 0.15) is 30.7 Å². The van der Waals surface area contributed by atoms with Crippen LogP contribution in [0, 0.1) is 11.3 Å². The summed E-state index contributed by atoms with van der Waals surface area (Å²) in [4.78, 5) is 18.3. The molecule has 0 radical (unpaired) electrons. The number of aryl methyl sites for hydroxylation is 1. The van der Waals surface area contributed by atoms with Gasteiger partial charge in [0.2, 0.25) is 0 Å². The van der Waals surface area contributed by atoms with E-state index in [2.05, 4.69) is 21.5 Å². The Balaban J connectivity index is 1.80. The summed E-state index contributed by atoms with van der Waals surface area (Å²) >= 11 is 0. The Morgan fingerprint density at radius 2 is 2.27 bits per heavy atom. The van der Waals surface area contributed by atoms with Crippen molar-refractivity contribution in [3.63, 3.8) is 0 Å². The molecular weight excluding hydrogens is 342 g/mol. The first-order valence-corrected chi connectivity index (χ1v) is 8.15. The van der Waals surface area contributed by atoms with Crippen LogP contribution in [0.5, 0.6) is 0 Å². The molecule has 1 aliphatic heterocycles. The fourth-order valence-electron chi connectivity index (χ4n) is 3.19. The number of urea groups is 1. The predicted molar refractivity (Wildman–Crippen MR) is 89.5 cm³/mol. The van der Waals surface area contributed by atoms with E-state index in [0.29, 0.717) is 25.1 Å². The van der Waals surface area contributed by atoms with Gasteiger partial charge in [-0.15, -0.1) is 0 Å². The van der Waals surface area contributed by atoms with E-state index < -0.39 is 23.6 Å². The zero-order chi connectivity index (χ0) is 18.7. The summed E-state index contributed by atoms with van der Waals surface area (Å²) in [5, 5.41) is 15.9. The summed E-state index contributed by atoms with van der Waals surface area (Å²) < 4.78 is 27.3. The minimum Gasteiger partial charge on any atom is -0.323 e. The molecule has 1 aliphatic rings. The van der Waals surface area contributed by atoms with Crippen LogP contribution in [0.2, 0.25) is 0 Å². The molecule has 26 heavy (non-hydrogen) atoms. The highest BCUT2D eigenvalue weighted by molar-refractivity contribution is 5.90. The largest absolute Gasteiger partial charge is 0.323 e. The zero-order valence-electron chi connectivity index (χ0n) is 14.2. The Morgan fingerprint density at radius 3 is 2.92 bits per heavy atom. The molecule has 1 fully saturated rings. The van der Waals surface area contributed by atoms with Gasteiger partial charge in [0.15, 0.2) is 5.69 Å². The molecule has 0 bridgehead atoms. The van der Waals surface area contributed by atoms with E-state index in [-0.39, 0.29) is 12.2 Å². The normalized spacial score (nSPS) is 20.0. The van der Waals surface area contributed by atoms with Crippen molar-refractivity contribution in [1.82, 2.24) is 19.7 Å². The van der Waals surface area contributed by atoms with Gasteiger partial charge in [0.1, 0.15) is 5.41 Å². The summed E-state index contributed by atoms with van der Waals surface area (Å²) in [5.74, 6) is 0. The number of nitrogens with one attached hydrogen (secondary N) is 1. The SMILES string of the molecule is Cn1cc(NC(=O)N2CCCC(C#N)(c3ccccn3)C2)c(C(F)F)n1. The van der Waals surface area contributed by atoms with Crippen molar-refractivity contribution in [2.45, 2.75) is 24.7 Å². The van der Waals surface area contributed by atoms with Crippen molar-refractivity contribution in [2.24, 2.45) is 7.05 Å². The van der Waals surface area contributed by atoms with Crippen molar-refractivity contribution in [2.75, 3.05) is 18.4 Å². The van der Waals surface area contributed by atoms with E-state index in [1.165, 1.54) is 22.8 Å². The Kier molecular flexibility index (Phi) is 4.84. The second kappa shape index (κ2) is 7.07. The molecule has 3 heterocycles. The van der Waals surface area contributed by atoms with Crippen molar-refractivity contribution in [1.29, 1.82) is 5.26 Å². The van der Waals surface area contributed by atoms with Gasteiger partial charge in [0.05, 0.1) is 17.5 Å². The number of carbonyl (C=O) groups is 1. The van der Waals surface area contributed by atoms with Gasteiger partial charge in [0, 0.05) is 32.5 Å². The fraction of sp³-hybridized carbons (Fsp3) is 0.412. The van der Waals surface area contributed by atoms with Crippen molar-refractivity contribution >= 4 is 11.7 Å². The van der Waals surface area contributed by atoms with Crippen LogP contribution < -0.4 is 5.32 Å². The topological polar surface area (TPSA) is 86.8 Å². The number of nitriles is 1. The van der Waals surface area contributed by atoms with Gasteiger partial charge in [-0.2, -0.15) is 10.4 Å². The van der Waals surface area contributed by atoms with Gasteiger partial charge in [0.25, 0.3) is 6.43 Å². The lowest BCUT2D eigenvalue weighted by Gasteiger charge is -2.37. The number of hydrogen-bond donors (Lipinski definition) is 1. The van der Waals surface area contributed by atoms with E-state index in [0.717, 1.165) is 0 Å². The molecule has 7 nitrogen and oxygen atoms in total. The average Bonchev–Trinajstić information content (AvgIpc) is 3.03. The van der Waals surface area contributed by atoms with Crippen LogP contribution in [-0.4, -0.2) is 38.8 Å². The Bertz CT molecular complexity index is 832. The number of anilines is 1. The van der Waals surface area contributed by atoms with Crippen LogP contribution in [0.3, 0.4) is 0 Å². The minimum absolute atomic E-state index is 0.0292. The molecule has 1 N–H and O–H groups in total. The number of halogens is 2. The lowest BCUT2D eigenvalue weighted by molar-refractivity contribution is 0.146. The molecule has 0 spiro atoms. The molecule has 2 amide bonds. The second-order valence-corrected chi connectivity index (χ2v) is 6.27. The minimum atomic E-state index is -2.79. The quantitative estimate of drug-likeness (QED) is 0.912. The Morgan fingerprint density at radius 1 is 1.46 bits per heavy atom. The van der Waals surface area contributed by atoms with Crippen LogP contribution in [0.15, 0.2) is 30.6 Å². The smallest absolute Gasteiger partial charge is 0.322 e. The third-order valence-corrected chi connectivity index (χ3v) is 4.45. The number of pyridine rings is 1. The number of carbonyl (C=O) groups excluding carboxylic acids is 1. The van der Waals surface area contributed by atoms with Gasteiger partial charge in [-0.05, 0) is 25.0 Å². The fourth-order valence-corrected chi connectivity index (χ4v) is 3.19. The van der Waals surface area contributed by atoms with Gasteiger partial charge in [-0.1, -0.05) is 6.07 Å². The zero-order valence-corrected chi connectivity index (χ0v) is 14.2. The summed E-state index contributed by atoms with van der Waals surface area (Å²) in [6.07, 6.45) is 1.35. The van der Waals surface area contributed by atoms with Crippen LogP contribution >= 0.6 is 0 Å². The molecule has 9 heteroatoms. The number of amides is 2. The van der Waals surface area contributed by atoms with Gasteiger partial charge < -0.3 is 10.2 Å². The summed E-state index contributed by atoms with van der Waals surface area (Å²) in [5.41, 5.74) is -0.806. The van der Waals surface area contributed by atoms with E-state index in [9.17, 15) is 18.8 Å². The van der Waals surface area contributed by atoms with E-state index in [1.807, 2.05) is 0 Å². The molecule has 1 atom stereocenters. The predicted octanol–water partition coefficient (Wildman–Crippen LogP) is 2.84. The number of hydrogen-bond acceptors (Lipinski definition) is 4. The number of piperidine rings is 1. The Labute approximate surface area is 149 Å². The Hall–Kier alpha value is -3.02. The maximum Gasteiger partial charge on any atom is 0.322 e. The number of nitrogens with zero attached hydrogens (tertiary/aromatic N) is 5. The van der Waals surface area contributed by atoms with Crippen molar-refractivity contribution in [3.05, 3.63) is 42.0 Å². The highest BCUT2D eigenvalue weighted by atomic mass is 19.3. The van der Waals surface area contributed by atoms with Gasteiger partial charge in [-0.3, -0.25) is 9.67 Å². The van der Waals surface area contributed by atoms with Crippen LogP contribution in [0.4, 0.5) is 19.3 Å². The van der Waals surface area contributed by atoms with Crippen LogP contribution in [0.25, 0.3) is 0 Å². The summed E-state index contributed by atoms with van der Waals surface area (Å²) in [6, 6.07) is 7.08. The number of likely N-dealkylation sites (tertiary alicyclic amines) is 1. The molecule has 3 rings (SSSR count). The molecule has 0 aliphatic carbocycles. The van der Waals surface area contributed by atoms with E-state index >= 15 is 0 Å². The maximum atomic E-state index is 13.0. The highest BCUT2D eigenvalue weighted by Gasteiger charge is 2.40. The first-order valence-electron chi connectivity index (χ1n) is 8.15. The van der Waals surface area contributed by atoms with Gasteiger partial charge >= 0.3 is 6.03 Å². The van der Waals surface area contributed by atoms with E-state index in [4.69, 9.17) is 0 Å². The summed E-state index contributed by atoms with van der Waals surface area (Å²) in [7, 11) is 1.50. The highest BCUT2D eigenvalue weighted by Crippen LogP contribution is 2.33. The molecule has 0 saturated carbocycles. The summed E-state index contributed by atoms with van der Waals surface area (Å²) in [6.45, 7) is 0.586. The molecule has 1 saturated heterocycles. The molecular formula is C17H18F2N6O. The first kappa shape index (κ1) is 17.8. The number of aromatic nitrogens is 3. The standard InChI is InChI=1S/C17H18F2N6O/c1-24-9-12(14(23-24)15(18)19)22-16(26)25-8-4-6-17(10-20,11-25)13-5-2-3-7-21-13/h2-3,5,7,9,15H,4,6,8,11H2,1H3,(H,22,26). The monoisotopic (exact) mass is 360 g/mol. The number of alkyl halides is 2. The molecule has 2 aromatic heterocycles. The third-order valence-electron chi connectivity index (χ3n) is 4.45. The lowest BCUT2D eigenvalue weighted by Crippen LogP contribution is -2.49. The average molecular weight is 360 g/mol. The second-order valence-electron chi connectivity index (χ2n) is 6.27. The lowest BCUT2D eigenvalue weighted by atomic mass is 9.78. The number of rotatable bonds is 3. The molecule has 1 unspecified atom stereocenters. The third kappa shape index (κ3) is 3.35. The molecule has 2 aromatic rings.